The zero-order chi connectivity index (χ0) is 23.2. The van der Waals surface area contributed by atoms with Gasteiger partial charge in [-0.15, -0.1) is 0 Å². The molecule has 174 valence electrons. The molecule has 0 unspecified atom stereocenters. The highest BCUT2D eigenvalue weighted by Gasteiger charge is 2.35. The lowest BCUT2D eigenvalue weighted by molar-refractivity contribution is -0.140. The van der Waals surface area contributed by atoms with Crippen LogP contribution in [0.1, 0.15) is 51.1 Å². The van der Waals surface area contributed by atoms with E-state index in [0.29, 0.717) is 19.4 Å². The van der Waals surface area contributed by atoms with E-state index in [-0.39, 0.29) is 60.9 Å². The van der Waals surface area contributed by atoms with Crippen molar-refractivity contribution in [1.29, 1.82) is 0 Å². The monoisotopic (exact) mass is 457 g/mol. The van der Waals surface area contributed by atoms with E-state index in [9.17, 15) is 22.8 Å². The van der Waals surface area contributed by atoms with Gasteiger partial charge in [-0.2, -0.15) is 4.31 Å². The standard InChI is InChI=1S/C20H31N3O7S/c1-5-22(13-17(24)21-14(3)4)19(25)15-9-11-23(12-10-15)31(27,28)18-8-7-16(30-18)20(26)29-6-2/h7-8,14-15H,5-6,9-13H2,1-4H3,(H,21,24). The van der Waals surface area contributed by atoms with Crippen LogP contribution in [0.5, 0.6) is 0 Å². The first kappa shape index (κ1) is 24.9. The summed E-state index contributed by atoms with van der Waals surface area (Å²) in [6, 6.07) is 2.48. The van der Waals surface area contributed by atoms with Crippen LogP contribution in [0.3, 0.4) is 0 Å². The van der Waals surface area contributed by atoms with Gasteiger partial charge in [0.15, 0.2) is 0 Å². The topological polar surface area (TPSA) is 126 Å². The van der Waals surface area contributed by atoms with Crippen LogP contribution in [0.25, 0.3) is 0 Å². The van der Waals surface area contributed by atoms with Gasteiger partial charge in [0.05, 0.1) is 13.2 Å². The number of piperidine rings is 1. The minimum absolute atomic E-state index is 0.0132. The van der Waals surface area contributed by atoms with Crippen molar-refractivity contribution in [3.05, 3.63) is 17.9 Å². The van der Waals surface area contributed by atoms with Crippen molar-refractivity contribution in [2.45, 2.75) is 51.7 Å². The second kappa shape index (κ2) is 10.8. The molecule has 2 amide bonds. The SMILES string of the molecule is CCOC(=O)c1ccc(S(=O)(=O)N2CCC(C(=O)N(CC)CC(=O)NC(C)C)CC2)o1. The smallest absolute Gasteiger partial charge is 0.374 e. The van der Waals surface area contributed by atoms with Crippen molar-refractivity contribution in [2.24, 2.45) is 5.92 Å². The van der Waals surface area contributed by atoms with Crippen LogP contribution in [0.4, 0.5) is 0 Å². The van der Waals surface area contributed by atoms with Crippen LogP contribution in [0.15, 0.2) is 21.6 Å². The van der Waals surface area contributed by atoms with E-state index in [1.165, 1.54) is 21.3 Å². The Morgan fingerprint density at radius 1 is 1.23 bits per heavy atom. The molecule has 1 aliphatic heterocycles. The Balaban J connectivity index is 1.98. The number of carbonyl (C=O) groups excluding carboxylic acids is 3. The Labute approximate surface area is 182 Å². The van der Waals surface area contributed by atoms with Crippen LogP contribution in [0, 0.1) is 5.92 Å². The number of likely N-dealkylation sites (N-methyl/N-ethyl adjacent to an activating group) is 1. The molecule has 2 heterocycles. The fourth-order valence-corrected chi connectivity index (χ4v) is 4.77. The molecule has 31 heavy (non-hydrogen) atoms. The van der Waals surface area contributed by atoms with Crippen LogP contribution < -0.4 is 5.32 Å². The lowest BCUT2D eigenvalue weighted by Crippen LogP contribution is -2.47. The number of hydrogen-bond acceptors (Lipinski definition) is 7. The largest absolute Gasteiger partial charge is 0.460 e. The average Bonchev–Trinajstić information content (AvgIpc) is 3.22. The summed E-state index contributed by atoms with van der Waals surface area (Å²) in [5.41, 5.74) is 0. The van der Waals surface area contributed by atoms with Crippen molar-refractivity contribution in [2.75, 3.05) is 32.8 Å². The number of furan rings is 1. The van der Waals surface area contributed by atoms with Crippen molar-refractivity contribution < 1.29 is 32.0 Å². The molecule has 11 heteroatoms. The molecule has 1 aromatic heterocycles. The van der Waals surface area contributed by atoms with E-state index in [4.69, 9.17) is 9.15 Å². The number of sulfonamides is 1. The third-order valence-corrected chi connectivity index (χ3v) is 6.71. The van der Waals surface area contributed by atoms with Gasteiger partial charge in [0, 0.05) is 31.6 Å². The summed E-state index contributed by atoms with van der Waals surface area (Å²) in [6.45, 7) is 7.95. The van der Waals surface area contributed by atoms with Gasteiger partial charge in [-0.3, -0.25) is 9.59 Å². The minimum Gasteiger partial charge on any atom is -0.460 e. The summed E-state index contributed by atoms with van der Waals surface area (Å²) in [5, 5.41) is 2.43. The number of rotatable bonds is 9. The first-order valence-corrected chi connectivity index (χ1v) is 11.9. The van der Waals surface area contributed by atoms with Crippen molar-refractivity contribution >= 4 is 27.8 Å². The highest BCUT2D eigenvalue weighted by atomic mass is 32.2. The third kappa shape index (κ3) is 6.30. The Kier molecular flexibility index (Phi) is 8.63. The molecular formula is C20H31N3O7S. The fraction of sp³-hybridized carbons (Fsp3) is 0.650. The van der Waals surface area contributed by atoms with Crippen molar-refractivity contribution in [3.8, 4) is 0 Å². The summed E-state index contributed by atoms with van der Waals surface area (Å²) < 4.78 is 36.9. The number of carbonyl (C=O) groups is 3. The Hall–Kier alpha value is -2.40. The summed E-state index contributed by atoms with van der Waals surface area (Å²) in [6.07, 6.45) is 0.678. The molecule has 0 saturated carbocycles. The molecule has 0 spiro atoms. The number of nitrogens with one attached hydrogen (secondary N) is 1. The van der Waals surface area contributed by atoms with Crippen LogP contribution in [0.2, 0.25) is 0 Å². The van der Waals surface area contributed by atoms with Gasteiger partial charge in [-0.1, -0.05) is 0 Å². The van der Waals surface area contributed by atoms with Crippen LogP contribution in [-0.2, 0) is 24.3 Å². The van der Waals surface area contributed by atoms with Gasteiger partial charge in [0.25, 0.3) is 10.0 Å². The molecule has 0 bridgehead atoms. The molecule has 10 nitrogen and oxygen atoms in total. The zero-order valence-electron chi connectivity index (χ0n) is 18.4. The molecule has 1 aromatic rings. The molecule has 0 atom stereocenters. The Morgan fingerprint density at radius 2 is 1.87 bits per heavy atom. The lowest BCUT2D eigenvalue weighted by Gasteiger charge is -2.32. The molecule has 1 aliphatic rings. The molecule has 2 rings (SSSR count). The van der Waals surface area contributed by atoms with Crippen molar-refractivity contribution in [3.63, 3.8) is 0 Å². The molecule has 0 radical (unpaired) electrons. The molecule has 0 aromatic carbocycles. The maximum atomic E-state index is 12.8. The summed E-state index contributed by atoms with van der Waals surface area (Å²) in [7, 11) is -3.93. The van der Waals surface area contributed by atoms with E-state index in [2.05, 4.69) is 5.32 Å². The first-order valence-electron chi connectivity index (χ1n) is 10.4. The number of esters is 1. The maximum Gasteiger partial charge on any atom is 0.374 e. The molecule has 1 saturated heterocycles. The van der Waals surface area contributed by atoms with Crippen molar-refractivity contribution in [1.82, 2.24) is 14.5 Å². The van der Waals surface area contributed by atoms with E-state index >= 15 is 0 Å². The van der Waals surface area contributed by atoms with E-state index in [0.717, 1.165) is 0 Å². The van der Waals surface area contributed by atoms with E-state index < -0.39 is 16.0 Å². The Bertz CT molecular complexity index is 886. The van der Waals surface area contributed by atoms with Gasteiger partial charge < -0.3 is 19.4 Å². The van der Waals surface area contributed by atoms with E-state index in [1.54, 1.807) is 13.8 Å². The molecule has 0 aliphatic carbocycles. The number of amides is 2. The third-order valence-electron chi connectivity index (χ3n) is 4.93. The first-order chi connectivity index (χ1) is 14.6. The number of ether oxygens (including phenoxy) is 1. The fourth-order valence-electron chi connectivity index (χ4n) is 3.39. The zero-order valence-corrected chi connectivity index (χ0v) is 19.2. The van der Waals surface area contributed by atoms with Gasteiger partial charge in [-0.05, 0) is 52.7 Å². The molecule has 1 N–H and O–H groups in total. The second-order valence-corrected chi connectivity index (χ2v) is 9.46. The summed E-state index contributed by atoms with van der Waals surface area (Å²) >= 11 is 0. The van der Waals surface area contributed by atoms with Crippen LogP contribution in [-0.4, -0.2) is 74.2 Å². The van der Waals surface area contributed by atoms with Gasteiger partial charge in [-0.25, -0.2) is 13.2 Å². The minimum atomic E-state index is -3.93. The lowest BCUT2D eigenvalue weighted by atomic mass is 9.96. The highest BCUT2D eigenvalue weighted by Crippen LogP contribution is 2.26. The Morgan fingerprint density at radius 3 is 2.42 bits per heavy atom. The highest BCUT2D eigenvalue weighted by molar-refractivity contribution is 7.89. The second-order valence-electron chi connectivity index (χ2n) is 7.59. The van der Waals surface area contributed by atoms with Gasteiger partial charge >= 0.3 is 5.97 Å². The predicted octanol–water partition coefficient (Wildman–Crippen LogP) is 1.23. The number of hydrogen-bond donors (Lipinski definition) is 1. The summed E-state index contributed by atoms with van der Waals surface area (Å²) in [4.78, 5) is 38.0. The normalized spacial score (nSPS) is 15.6. The van der Waals surface area contributed by atoms with Gasteiger partial charge in [0.2, 0.25) is 22.7 Å². The van der Waals surface area contributed by atoms with Gasteiger partial charge in [0.1, 0.15) is 0 Å². The van der Waals surface area contributed by atoms with Crippen LogP contribution >= 0.6 is 0 Å². The maximum absolute atomic E-state index is 12.8. The molecular weight excluding hydrogens is 426 g/mol. The molecule has 1 fully saturated rings. The van der Waals surface area contributed by atoms with E-state index in [1.807, 2.05) is 13.8 Å². The summed E-state index contributed by atoms with van der Waals surface area (Å²) in [5.74, 6) is -1.63. The quantitative estimate of drug-likeness (QED) is 0.553. The predicted molar refractivity (Wildman–Crippen MR) is 112 cm³/mol. The average molecular weight is 458 g/mol. The number of nitrogens with zero attached hydrogens (tertiary/aromatic N) is 2.